The second kappa shape index (κ2) is 6.63. The molecule has 1 atom stereocenters. The monoisotopic (exact) mass is 267 g/mol. The number of hydrogen-bond acceptors (Lipinski definition) is 3. The summed E-state index contributed by atoms with van der Waals surface area (Å²) in [4.78, 5) is 12.6. The molecule has 1 aromatic rings. The van der Waals surface area contributed by atoms with Crippen LogP contribution in [0.4, 0.5) is 4.39 Å². The van der Waals surface area contributed by atoms with E-state index in [2.05, 4.69) is 4.90 Å². The Morgan fingerprint density at radius 3 is 3.00 bits per heavy atom. The topological polar surface area (TPSA) is 49.8 Å². The average molecular weight is 267 g/mol. The number of nitrogens with zero attached hydrogens (tertiary/aromatic N) is 1. The van der Waals surface area contributed by atoms with Crippen LogP contribution in [0.15, 0.2) is 24.3 Å². The van der Waals surface area contributed by atoms with Gasteiger partial charge in [-0.15, -0.1) is 0 Å². The van der Waals surface area contributed by atoms with Crippen LogP contribution in [0.1, 0.15) is 24.5 Å². The molecular weight excluding hydrogens is 249 g/mol. The summed E-state index contributed by atoms with van der Waals surface area (Å²) in [6.45, 7) is 2.64. The third kappa shape index (κ3) is 4.01. The number of hydrogen-bond donors (Lipinski definition) is 1. The summed E-state index contributed by atoms with van der Waals surface area (Å²) in [6, 6.07) is 6.63. The van der Waals surface area contributed by atoms with Gasteiger partial charge in [-0.25, -0.2) is 4.39 Å². The van der Waals surface area contributed by atoms with E-state index >= 15 is 0 Å². The summed E-state index contributed by atoms with van der Waals surface area (Å²) in [5.41, 5.74) is 0.574. The highest BCUT2D eigenvalue weighted by Gasteiger charge is 2.23. The number of aliphatic carboxylic acids is 1. The fourth-order valence-corrected chi connectivity index (χ4v) is 2.28. The molecule has 0 unspecified atom stereocenters. The highest BCUT2D eigenvalue weighted by atomic mass is 19.1. The Bertz CT molecular complexity index is 438. The van der Waals surface area contributed by atoms with E-state index in [1.165, 1.54) is 6.07 Å². The Balaban J connectivity index is 1.90. The van der Waals surface area contributed by atoms with Crippen LogP contribution >= 0.6 is 0 Å². The smallest absolute Gasteiger partial charge is 0.303 e. The van der Waals surface area contributed by atoms with E-state index in [-0.39, 0.29) is 18.3 Å². The highest BCUT2D eigenvalue weighted by Crippen LogP contribution is 2.24. The van der Waals surface area contributed by atoms with Gasteiger partial charge in [0.05, 0.1) is 12.7 Å². The lowest BCUT2D eigenvalue weighted by atomic mass is 10.1. The first-order valence-corrected chi connectivity index (χ1v) is 6.47. The Morgan fingerprint density at radius 1 is 1.47 bits per heavy atom. The van der Waals surface area contributed by atoms with Crippen LogP contribution in [0.3, 0.4) is 0 Å². The van der Waals surface area contributed by atoms with Crippen LogP contribution in [0.5, 0.6) is 0 Å². The van der Waals surface area contributed by atoms with Crippen molar-refractivity contribution in [2.24, 2.45) is 0 Å². The number of rotatable bonds is 5. The Labute approximate surface area is 111 Å². The van der Waals surface area contributed by atoms with Crippen molar-refractivity contribution in [1.82, 2.24) is 4.90 Å². The van der Waals surface area contributed by atoms with Gasteiger partial charge in [0, 0.05) is 25.1 Å². The summed E-state index contributed by atoms with van der Waals surface area (Å²) >= 11 is 0. The van der Waals surface area contributed by atoms with Crippen LogP contribution in [0.25, 0.3) is 0 Å². The Hall–Kier alpha value is -1.46. The van der Waals surface area contributed by atoms with Crippen molar-refractivity contribution in [3.63, 3.8) is 0 Å². The minimum atomic E-state index is -0.779. The largest absolute Gasteiger partial charge is 0.481 e. The molecule has 1 heterocycles. The molecule has 0 amide bonds. The van der Waals surface area contributed by atoms with E-state index < -0.39 is 5.97 Å². The summed E-state index contributed by atoms with van der Waals surface area (Å²) in [6.07, 6.45) is 0.515. The van der Waals surface area contributed by atoms with Crippen molar-refractivity contribution < 1.29 is 19.0 Å². The van der Waals surface area contributed by atoms with E-state index in [0.717, 1.165) is 6.54 Å². The lowest BCUT2D eigenvalue weighted by Crippen LogP contribution is -2.39. The normalized spacial score (nSPS) is 20.4. The minimum absolute atomic E-state index is 0.168. The zero-order chi connectivity index (χ0) is 13.7. The van der Waals surface area contributed by atoms with Gasteiger partial charge in [-0.1, -0.05) is 18.2 Å². The highest BCUT2D eigenvalue weighted by molar-refractivity contribution is 5.66. The lowest BCUT2D eigenvalue weighted by molar-refractivity contribution is -0.137. The predicted molar refractivity (Wildman–Crippen MR) is 68.4 cm³/mol. The first kappa shape index (κ1) is 14.0. The summed E-state index contributed by atoms with van der Waals surface area (Å²) in [5, 5.41) is 8.62. The molecule has 1 aromatic carbocycles. The van der Waals surface area contributed by atoms with Crippen LogP contribution in [-0.2, 0) is 9.53 Å². The van der Waals surface area contributed by atoms with Crippen LogP contribution < -0.4 is 0 Å². The number of ether oxygens (including phenoxy) is 1. The van der Waals surface area contributed by atoms with Crippen LogP contribution in [0, 0.1) is 5.82 Å². The van der Waals surface area contributed by atoms with E-state index in [9.17, 15) is 9.18 Å². The van der Waals surface area contributed by atoms with E-state index in [1.807, 2.05) is 0 Å². The van der Waals surface area contributed by atoms with Gasteiger partial charge >= 0.3 is 5.97 Å². The molecule has 5 heteroatoms. The standard InChI is InChI=1S/C14H18FNO3/c15-12-5-2-1-4-11(12)13-10-16(8-9-19-13)7-3-6-14(17)18/h1-2,4-5,13H,3,6-10H2,(H,17,18)/t13-/m0/s1. The second-order valence-electron chi connectivity index (χ2n) is 4.68. The van der Waals surface area contributed by atoms with Gasteiger partial charge < -0.3 is 9.84 Å². The van der Waals surface area contributed by atoms with Gasteiger partial charge in [-0.3, -0.25) is 9.69 Å². The van der Waals surface area contributed by atoms with Gasteiger partial charge in [-0.2, -0.15) is 0 Å². The maximum Gasteiger partial charge on any atom is 0.303 e. The van der Waals surface area contributed by atoms with Gasteiger partial charge in [0.15, 0.2) is 0 Å². The minimum Gasteiger partial charge on any atom is -0.481 e. The van der Waals surface area contributed by atoms with Crippen molar-refractivity contribution in [3.8, 4) is 0 Å². The fraction of sp³-hybridized carbons (Fsp3) is 0.500. The quantitative estimate of drug-likeness (QED) is 0.887. The zero-order valence-corrected chi connectivity index (χ0v) is 10.7. The molecule has 0 saturated carbocycles. The third-order valence-corrected chi connectivity index (χ3v) is 3.27. The lowest BCUT2D eigenvalue weighted by Gasteiger charge is -2.33. The molecule has 2 rings (SSSR count). The fourth-order valence-electron chi connectivity index (χ4n) is 2.28. The number of morpholine rings is 1. The number of carbonyl (C=O) groups is 1. The Kier molecular flexibility index (Phi) is 4.87. The van der Waals surface area contributed by atoms with Gasteiger partial charge in [0.1, 0.15) is 5.82 Å². The van der Waals surface area contributed by atoms with Gasteiger partial charge in [0.2, 0.25) is 0 Å². The molecule has 0 radical (unpaired) electrons. The molecule has 19 heavy (non-hydrogen) atoms. The molecular formula is C14H18FNO3. The summed E-state index contributed by atoms with van der Waals surface area (Å²) in [5.74, 6) is -1.03. The van der Waals surface area contributed by atoms with Crippen LogP contribution in [0.2, 0.25) is 0 Å². The molecule has 0 spiro atoms. The predicted octanol–water partition coefficient (Wildman–Crippen LogP) is 2.06. The number of halogens is 1. The average Bonchev–Trinajstić information content (AvgIpc) is 2.39. The molecule has 0 aromatic heterocycles. The molecule has 1 aliphatic heterocycles. The van der Waals surface area contributed by atoms with Crippen molar-refractivity contribution in [2.75, 3.05) is 26.2 Å². The van der Waals surface area contributed by atoms with Crippen molar-refractivity contribution >= 4 is 5.97 Å². The number of carboxylic acids is 1. The van der Waals surface area contributed by atoms with Crippen molar-refractivity contribution in [1.29, 1.82) is 0 Å². The zero-order valence-electron chi connectivity index (χ0n) is 10.7. The summed E-state index contributed by atoms with van der Waals surface area (Å²) in [7, 11) is 0. The van der Waals surface area contributed by atoms with E-state index in [4.69, 9.17) is 9.84 Å². The molecule has 0 aliphatic carbocycles. The first-order chi connectivity index (χ1) is 9.16. The molecule has 1 N–H and O–H groups in total. The maximum atomic E-state index is 13.7. The molecule has 1 saturated heterocycles. The molecule has 1 aliphatic rings. The SMILES string of the molecule is O=C(O)CCCN1CCO[C@H](c2ccccc2F)C1. The Morgan fingerprint density at radius 2 is 2.26 bits per heavy atom. The summed E-state index contributed by atoms with van der Waals surface area (Å²) < 4.78 is 19.3. The number of benzene rings is 1. The van der Waals surface area contributed by atoms with E-state index in [1.54, 1.807) is 18.2 Å². The van der Waals surface area contributed by atoms with Crippen molar-refractivity contribution in [2.45, 2.75) is 18.9 Å². The van der Waals surface area contributed by atoms with Crippen molar-refractivity contribution in [3.05, 3.63) is 35.6 Å². The number of carboxylic acid groups (broad SMARTS) is 1. The van der Waals surface area contributed by atoms with E-state index in [0.29, 0.717) is 31.7 Å². The van der Waals surface area contributed by atoms with Crippen LogP contribution in [-0.4, -0.2) is 42.2 Å². The maximum absolute atomic E-state index is 13.7. The first-order valence-electron chi connectivity index (χ1n) is 6.47. The molecule has 1 fully saturated rings. The molecule has 104 valence electrons. The van der Waals surface area contributed by atoms with Gasteiger partial charge in [-0.05, 0) is 19.0 Å². The second-order valence-corrected chi connectivity index (χ2v) is 4.68. The molecule has 4 nitrogen and oxygen atoms in total. The third-order valence-electron chi connectivity index (χ3n) is 3.27. The van der Waals surface area contributed by atoms with Gasteiger partial charge in [0.25, 0.3) is 0 Å². The molecule has 0 bridgehead atoms.